The Bertz CT molecular complexity index is 190. The molecule has 3 N–H and O–H groups in total. The molecule has 0 spiro atoms. The Morgan fingerprint density at radius 1 is 1.47 bits per heavy atom. The first-order valence-corrected chi connectivity index (χ1v) is 5.95. The fourth-order valence-corrected chi connectivity index (χ4v) is 1.70. The third-order valence-electron chi connectivity index (χ3n) is 2.63. The van der Waals surface area contributed by atoms with Gasteiger partial charge in [0, 0.05) is 11.5 Å². The highest BCUT2D eigenvalue weighted by Crippen LogP contribution is 2.13. The van der Waals surface area contributed by atoms with Crippen molar-refractivity contribution in [3.05, 3.63) is 0 Å². The topological polar surface area (TPSA) is 55.1 Å². The van der Waals surface area contributed by atoms with Gasteiger partial charge in [-0.25, -0.2) is 0 Å². The number of nitrogens with two attached hydrogens (primary N) is 1. The molecule has 15 heavy (non-hydrogen) atoms. The number of hydrogen-bond acceptors (Lipinski definition) is 2. The molecule has 1 amide bonds. The molecule has 0 saturated carbocycles. The normalized spacial score (nSPS) is 13.7. The van der Waals surface area contributed by atoms with Crippen molar-refractivity contribution in [2.24, 2.45) is 11.7 Å². The van der Waals surface area contributed by atoms with E-state index in [2.05, 4.69) is 26.1 Å². The maximum atomic E-state index is 11.8. The molecule has 0 aliphatic carbocycles. The zero-order valence-electron chi connectivity index (χ0n) is 10.6. The van der Waals surface area contributed by atoms with E-state index < -0.39 is 0 Å². The number of hydrogen-bond donors (Lipinski definition) is 2. The average molecular weight is 214 g/mol. The first-order valence-electron chi connectivity index (χ1n) is 5.95. The predicted molar refractivity (Wildman–Crippen MR) is 64.6 cm³/mol. The fourth-order valence-electron chi connectivity index (χ4n) is 1.70. The zero-order chi connectivity index (χ0) is 11.9. The van der Waals surface area contributed by atoms with Gasteiger partial charge in [-0.2, -0.15) is 0 Å². The summed E-state index contributed by atoms with van der Waals surface area (Å²) in [6, 6.07) is 0. The molecular formula is C12H26N2O. The number of carbonyl (C=O) groups excluding carboxylic acids is 1. The monoisotopic (exact) mass is 214 g/mol. The molecule has 0 aliphatic rings. The molecule has 0 aromatic rings. The van der Waals surface area contributed by atoms with E-state index in [9.17, 15) is 4.79 Å². The van der Waals surface area contributed by atoms with Crippen molar-refractivity contribution in [1.82, 2.24) is 5.32 Å². The lowest BCUT2D eigenvalue weighted by Crippen LogP contribution is -2.45. The summed E-state index contributed by atoms with van der Waals surface area (Å²) >= 11 is 0. The Morgan fingerprint density at radius 3 is 2.53 bits per heavy atom. The van der Waals surface area contributed by atoms with Gasteiger partial charge in [-0.05, 0) is 39.7 Å². The molecule has 0 aromatic heterocycles. The van der Waals surface area contributed by atoms with Crippen LogP contribution < -0.4 is 11.1 Å². The number of amides is 1. The van der Waals surface area contributed by atoms with Gasteiger partial charge >= 0.3 is 0 Å². The summed E-state index contributed by atoms with van der Waals surface area (Å²) in [5.74, 6) is 0.228. The lowest BCUT2D eigenvalue weighted by atomic mass is 9.96. The third kappa shape index (κ3) is 6.50. The summed E-state index contributed by atoms with van der Waals surface area (Å²) in [4.78, 5) is 11.8. The van der Waals surface area contributed by atoms with E-state index in [4.69, 9.17) is 5.73 Å². The highest BCUT2D eigenvalue weighted by molar-refractivity contribution is 5.78. The lowest BCUT2D eigenvalue weighted by molar-refractivity contribution is -0.126. The molecule has 1 atom stereocenters. The Hall–Kier alpha value is -0.570. The van der Waals surface area contributed by atoms with Crippen LogP contribution in [0.25, 0.3) is 0 Å². The van der Waals surface area contributed by atoms with Gasteiger partial charge in [0.25, 0.3) is 0 Å². The van der Waals surface area contributed by atoms with Gasteiger partial charge in [0.1, 0.15) is 0 Å². The van der Waals surface area contributed by atoms with Crippen molar-refractivity contribution in [1.29, 1.82) is 0 Å². The Morgan fingerprint density at radius 2 is 2.07 bits per heavy atom. The minimum Gasteiger partial charge on any atom is -0.351 e. The van der Waals surface area contributed by atoms with E-state index in [1.165, 1.54) is 0 Å². The Labute approximate surface area is 93.8 Å². The highest BCUT2D eigenvalue weighted by atomic mass is 16.2. The van der Waals surface area contributed by atoms with Crippen LogP contribution in [0.15, 0.2) is 0 Å². The molecule has 0 radical (unpaired) electrons. The molecular weight excluding hydrogens is 188 g/mol. The number of carbonyl (C=O) groups is 1. The average Bonchev–Trinajstić information content (AvgIpc) is 2.13. The van der Waals surface area contributed by atoms with Gasteiger partial charge in [-0.1, -0.05) is 20.3 Å². The van der Waals surface area contributed by atoms with Crippen molar-refractivity contribution in [2.75, 3.05) is 6.54 Å². The summed E-state index contributed by atoms with van der Waals surface area (Å²) in [5.41, 5.74) is 5.34. The van der Waals surface area contributed by atoms with Crippen LogP contribution in [-0.2, 0) is 4.79 Å². The van der Waals surface area contributed by atoms with E-state index in [1.54, 1.807) is 0 Å². The van der Waals surface area contributed by atoms with Gasteiger partial charge in [0.05, 0.1) is 0 Å². The fraction of sp³-hybridized carbons (Fsp3) is 0.917. The summed E-state index contributed by atoms with van der Waals surface area (Å²) in [7, 11) is 0. The van der Waals surface area contributed by atoms with Crippen LogP contribution in [0.4, 0.5) is 0 Å². The molecule has 0 bridgehead atoms. The zero-order valence-corrected chi connectivity index (χ0v) is 10.6. The summed E-state index contributed by atoms with van der Waals surface area (Å²) in [5, 5.41) is 3.09. The molecule has 3 nitrogen and oxygen atoms in total. The van der Waals surface area contributed by atoms with Crippen molar-refractivity contribution < 1.29 is 4.79 Å². The first-order chi connectivity index (χ1) is 6.93. The molecule has 3 heteroatoms. The molecule has 0 fully saturated rings. The van der Waals surface area contributed by atoms with Crippen LogP contribution in [-0.4, -0.2) is 18.0 Å². The summed E-state index contributed by atoms with van der Waals surface area (Å²) in [6.45, 7) is 8.91. The molecule has 0 aliphatic heterocycles. The predicted octanol–water partition coefficient (Wildman–Crippen LogP) is 2.06. The van der Waals surface area contributed by atoms with Crippen molar-refractivity contribution in [3.63, 3.8) is 0 Å². The maximum absolute atomic E-state index is 11.8. The second-order valence-electron chi connectivity index (χ2n) is 4.96. The highest BCUT2D eigenvalue weighted by Gasteiger charge is 2.22. The quantitative estimate of drug-likeness (QED) is 0.681. The SMILES string of the molecule is CCCC(C)(C)NC(=O)C(C)CCCN. The summed E-state index contributed by atoms with van der Waals surface area (Å²) in [6.07, 6.45) is 3.90. The second kappa shape index (κ2) is 6.83. The third-order valence-corrected chi connectivity index (χ3v) is 2.63. The molecule has 0 heterocycles. The van der Waals surface area contributed by atoms with Crippen molar-refractivity contribution in [2.45, 2.75) is 58.9 Å². The standard InChI is InChI=1S/C12H26N2O/c1-5-8-12(3,4)14-11(15)10(2)7-6-9-13/h10H,5-9,13H2,1-4H3,(H,14,15). The van der Waals surface area contributed by atoms with Crippen molar-refractivity contribution >= 4 is 5.91 Å². The minimum atomic E-state index is -0.0805. The van der Waals surface area contributed by atoms with Gasteiger partial charge in [0.2, 0.25) is 5.91 Å². The van der Waals surface area contributed by atoms with Crippen LogP contribution in [0.3, 0.4) is 0 Å². The lowest BCUT2D eigenvalue weighted by Gasteiger charge is -2.27. The molecule has 1 unspecified atom stereocenters. The van der Waals surface area contributed by atoms with E-state index in [1.807, 2.05) is 6.92 Å². The van der Waals surface area contributed by atoms with Gasteiger partial charge in [0.15, 0.2) is 0 Å². The number of rotatable bonds is 7. The molecule has 90 valence electrons. The van der Waals surface area contributed by atoms with Crippen LogP contribution in [0.5, 0.6) is 0 Å². The minimum absolute atomic E-state index is 0.0738. The molecule has 0 aromatic carbocycles. The summed E-state index contributed by atoms with van der Waals surface area (Å²) < 4.78 is 0. The van der Waals surface area contributed by atoms with E-state index in [0.717, 1.165) is 25.7 Å². The van der Waals surface area contributed by atoms with Crippen molar-refractivity contribution in [3.8, 4) is 0 Å². The Kier molecular flexibility index (Phi) is 6.57. The van der Waals surface area contributed by atoms with Gasteiger partial charge in [-0.3, -0.25) is 4.79 Å². The number of nitrogens with one attached hydrogen (secondary N) is 1. The first kappa shape index (κ1) is 14.4. The van der Waals surface area contributed by atoms with E-state index >= 15 is 0 Å². The largest absolute Gasteiger partial charge is 0.351 e. The Balaban J connectivity index is 4.00. The maximum Gasteiger partial charge on any atom is 0.223 e. The van der Waals surface area contributed by atoms with Gasteiger partial charge < -0.3 is 11.1 Å². The smallest absolute Gasteiger partial charge is 0.223 e. The van der Waals surface area contributed by atoms with Crippen LogP contribution >= 0.6 is 0 Å². The van der Waals surface area contributed by atoms with E-state index in [-0.39, 0.29) is 17.4 Å². The van der Waals surface area contributed by atoms with Crippen LogP contribution in [0.1, 0.15) is 53.4 Å². The molecule has 0 rings (SSSR count). The van der Waals surface area contributed by atoms with Crippen LogP contribution in [0, 0.1) is 5.92 Å². The second-order valence-corrected chi connectivity index (χ2v) is 4.96. The van der Waals surface area contributed by atoms with Gasteiger partial charge in [-0.15, -0.1) is 0 Å². The molecule has 0 saturated heterocycles. The van der Waals surface area contributed by atoms with Crippen LogP contribution in [0.2, 0.25) is 0 Å². The van der Waals surface area contributed by atoms with E-state index in [0.29, 0.717) is 6.54 Å².